The molecule has 1 aromatic carbocycles. The number of amides is 1. The molecule has 1 aliphatic rings. The lowest BCUT2D eigenvalue weighted by atomic mass is 10.1. The summed E-state index contributed by atoms with van der Waals surface area (Å²) in [6.07, 6.45) is 1.71. The minimum absolute atomic E-state index is 0.0399. The number of carboxylic acids is 1. The molecular weight excluding hydrogens is 374 g/mol. The molecule has 1 aliphatic heterocycles. The van der Waals surface area contributed by atoms with E-state index in [9.17, 15) is 9.59 Å². The van der Waals surface area contributed by atoms with Crippen LogP contribution in [0.15, 0.2) is 30.5 Å². The fourth-order valence-corrected chi connectivity index (χ4v) is 2.94. The maximum absolute atomic E-state index is 12.1. The SMILES string of the molecule is CCC(Oc1cc2c(cc1Cl)N(CCC(=O)O)C(=O)CO2)c1cccnn1. The van der Waals surface area contributed by atoms with Gasteiger partial charge in [-0.25, -0.2) is 0 Å². The van der Waals surface area contributed by atoms with Gasteiger partial charge in [0.15, 0.2) is 6.61 Å². The molecule has 1 unspecified atom stereocenters. The minimum atomic E-state index is -0.989. The second-order valence-electron chi connectivity index (χ2n) is 5.89. The molecule has 0 aliphatic carbocycles. The molecule has 142 valence electrons. The molecule has 1 atom stereocenters. The first-order chi connectivity index (χ1) is 13.0. The van der Waals surface area contributed by atoms with Gasteiger partial charge in [0.2, 0.25) is 0 Å². The highest BCUT2D eigenvalue weighted by Crippen LogP contribution is 2.41. The topological polar surface area (TPSA) is 102 Å². The number of benzene rings is 1. The van der Waals surface area contributed by atoms with Gasteiger partial charge in [0.1, 0.15) is 23.3 Å². The Morgan fingerprint density at radius 3 is 2.96 bits per heavy atom. The highest BCUT2D eigenvalue weighted by atomic mass is 35.5. The number of anilines is 1. The summed E-state index contributed by atoms with van der Waals surface area (Å²) < 4.78 is 11.5. The Morgan fingerprint density at radius 2 is 2.30 bits per heavy atom. The van der Waals surface area contributed by atoms with Crippen LogP contribution in [0.4, 0.5) is 5.69 Å². The Bertz CT molecular complexity index is 846. The maximum atomic E-state index is 12.1. The molecule has 1 aromatic heterocycles. The Balaban J connectivity index is 1.87. The monoisotopic (exact) mass is 391 g/mol. The molecule has 0 spiro atoms. The van der Waals surface area contributed by atoms with Crippen molar-refractivity contribution in [2.75, 3.05) is 18.1 Å². The van der Waals surface area contributed by atoms with E-state index in [1.807, 2.05) is 13.0 Å². The third-order valence-corrected chi connectivity index (χ3v) is 4.36. The molecule has 2 aromatic rings. The molecule has 2 heterocycles. The van der Waals surface area contributed by atoms with Gasteiger partial charge in [-0.05, 0) is 24.6 Å². The summed E-state index contributed by atoms with van der Waals surface area (Å²) in [6, 6.07) is 6.75. The fourth-order valence-electron chi connectivity index (χ4n) is 2.74. The van der Waals surface area contributed by atoms with Gasteiger partial charge in [0, 0.05) is 18.8 Å². The number of carbonyl (C=O) groups excluding carboxylic acids is 1. The molecule has 0 saturated carbocycles. The number of fused-ring (bicyclic) bond motifs is 1. The van der Waals surface area contributed by atoms with Crippen LogP contribution in [0.5, 0.6) is 11.5 Å². The summed E-state index contributed by atoms with van der Waals surface area (Å²) in [7, 11) is 0. The van der Waals surface area contributed by atoms with Crippen molar-refractivity contribution in [2.45, 2.75) is 25.9 Å². The van der Waals surface area contributed by atoms with E-state index in [0.717, 1.165) is 0 Å². The van der Waals surface area contributed by atoms with Crippen molar-refractivity contribution in [3.05, 3.63) is 41.2 Å². The van der Waals surface area contributed by atoms with Crippen molar-refractivity contribution in [2.24, 2.45) is 0 Å². The summed E-state index contributed by atoms with van der Waals surface area (Å²) in [5, 5.41) is 17.1. The van der Waals surface area contributed by atoms with Crippen LogP contribution >= 0.6 is 11.6 Å². The van der Waals surface area contributed by atoms with E-state index in [-0.39, 0.29) is 36.6 Å². The van der Waals surface area contributed by atoms with Crippen molar-refractivity contribution in [3.8, 4) is 11.5 Å². The van der Waals surface area contributed by atoms with Crippen LogP contribution in [0.1, 0.15) is 31.6 Å². The number of carboxylic acid groups (broad SMARTS) is 1. The molecule has 8 nitrogen and oxygen atoms in total. The zero-order chi connectivity index (χ0) is 19.4. The molecule has 27 heavy (non-hydrogen) atoms. The number of ether oxygens (including phenoxy) is 2. The number of halogens is 1. The largest absolute Gasteiger partial charge is 0.482 e. The molecule has 9 heteroatoms. The maximum Gasteiger partial charge on any atom is 0.305 e. The predicted octanol–water partition coefficient (Wildman–Crippen LogP) is 2.86. The van der Waals surface area contributed by atoms with E-state index in [4.69, 9.17) is 26.2 Å². The molecule has 3 rings (SSSR count). The van der Waals surface area contributed by atoms with Crippen LogP contribution in [0.3, 0.4) is 0 Å². The number of rotatable bonds is 7. The van der Waals surface area contributed by atoms with Gasteiger partial charge in [0.05, 0.1) is 17.1 Å². The summed E-state index contributed by atoms with van der Waals surface area (Å²) in [5.41, 5.74) is 1.10. The average molecular weight is 392 g/mol. The zero-order valence-corrected chi connectivity index (χ0v) is 15.3. The quantitative estimate of drug-likeness (QED) is 0.774. The van der Waals surface area contributed by atoms with E-state index >= 15 is 0 Å². The van der Waals surface area contributed by atoms with Gasteiger partial charge in [-0.15, -0.1) is 0 Å². The lowest BCUT2D eigenvalue weighted by Crippen LogP contribution is -2.40. The van der Waals surface area contributed by atoms with E-state index in [1.54, 1.807) is 24.4 Å². The van der Waals surface area contributed by atoms with Crippen molar-refractivity contribution in [3.63, 3.8) is 0 Å². The second kappa shape index (κ2) is 8.22. The first kappa shape index (κ1) is 18.9. The number of nitrogens with zero attached hydrogens (tertiary/aromatic N) is 3. The highest BCUT2D eigenvalue weighted by Gasteiger charge is 2.28. The van der Waals surface area contributed by atoms with E-state index in [2.05, 4.69) is 10.2 Å². The number of aliphatic carboxylic acids is 1. The average Bonchev–Trinajstić information content (AvgIpc) is 2.66. The summed E-state index contributed by atoms with van der Waals surface area (Å²) >= 11 is 6.35. The Kier molecular flexibility index (Phi) is 5.75. The van der Waals surface area contributed by atoms with Crippen molar-refractivity contribution < 1.29 is 24.2 Å². The number of hydrogen-bond acceptors (Lipinski definition) is 6. The standard InChI is InChI=1S/C18H18ClN3O5/c1-2-14(12-4-3-6-20-21-12)27-15-9-16-13(8-11(15)19)22(7-5-18(24)25)17(23)10-26-16/h3-4,6,8-9,14H,2,5,7,10H2,1H3,(H,24,25). The van der Waals surface area contributed by atoms with Crippen molar-refractivity contribution in [1.29, 1.82) is 0 Å². The van der Waals surface area contributed by atoms with Gasteiger partial charge >= 0.3 is 5.97 Å². The molecule has 0 radical (unpaired) electrons. The highest BCUT2D eigenvalue weighted by molar-refractivity contribution is 6.32. The van der Waals surface area contributed by atoms with Crippen LogP contribution in [0, 0.1) is 0 Å². The number of hydrogen-bond donors (Lipinski definition) is 1. The van der Waals surface area contributed by atoms with Crippen LogP contribution in [-0.2, 0) is 9.59 Å². The van der Waals surface area contributed by atoms with Crippen molar-refractivity contribution in [1.82, 2.24) is 10.2 Å². The number of aromatic nitrogens is 2. The second-order valence-corrected chi connectivity index (χ2v) is 6.30. The Hall–Kier alpha value is -2.87. The van der Waals surface area contributed by atoms with Gasteiger partial charge in [-0.1, -0.05) is 18.5 Å². The molecular formula is C18H18ClN3O5. The zero-order valence-electron chi connectivity index (χ0n) is 14.6. The van der Waals surface area contributed by atoms with Gasteiger partial charge in [-0.3, -0.25) is 9.59 Å². The lowest BCUT2D eigenvalue weighted by molar-refractivity contribution is -0.136. The third-order valence-electron chi connectivity index (χ3n) is 4.07. The third kappa shape index (κ3) is 4.28. The van der Waals surface area contributed by atoms with E-state index in [0.29, 0.717) is 29.3 Å². The Morgan fingerprint density at radius 1 is 1.48 bits per heavy atom. The van der Waals surface area contributed by atoms with Gasteiger partial charge in [-0.2, -0.15) is 10.2 Å². The van der Waals surface area contributed by atoms with Crippen LogP contribution in [0.2, 0.25) is 5.02 Å². The summed E-state index contributed by atoms with van der Waals surface area (Å²) in [6.45, 7) is 1.82. The van der Waals surface area contributed by atoms with Gasteiger partial charge in [0.25, 0.3) is 5.91 Å². The van der Waals surface area contributed by atoms with Gasteiger partial charge < -0.3 is 19.5 Å². The number of carbonyl (C=O) groups is 2. The minimum Gasteiger partial charge on any atom is -0.482 e. The molecule has 0 saturated heterocycles. The molecule has 1 N–H and O–H groups in total. The fraction of sp³-hybridized carbons (Fsp3) is 0.333. The van der Waals surface area contributed by atoms with E-state index in [1.165, 1.54) is 4.90 Å². The lowest BCUT2D eigenvalue weighted by Gasteiger charge is -2.30. The van der Waals surface area contributed by atoms with E-state index < -0.39 is 5.97 Å². The smallest absolute Gasteiger partial charge is 0.305 e. The molecule has 1 amide bonds. The van der Waals surface area contributed by atoms with Crippen LogP contribution in [-0.4, -0.2) is 40.3 Å². The van der Waals surface area contributed by atoms with Crippen molar-refractivity contribution >= 4 is 29.2 Å². The first-order valence-electron chi connectivity index (χ1n) is 8.42. The summed E-state index contributed by atoms with van der Waals surface area (Å²) in [4.78, 5) is 24.3. The molecule has 0 fully saturated rings. The summed E-state index contributed by atoms with van der Waals surface area (Å²) in [5.74, 6) is -0.509. The first-order valence-corrected chi connectivity index (χ1v) is 8.80. The van der Waals surface area contributed by atoms with Crippen LogP contribution < -0.4 is 14.4 Å². The normalized spacial score (nSPS) is 14.3. The molecule has 0 bridgehead atoms. The predicted molar refractivity (Wildman–Crippen MR) is 97.2 cm³/mol. The Labute approximate surface area is 160 Å². The van der Waals surface area contributed by atoms with Crippen LogP contribution in [0.25, 0.3) is 0 Å².